The molecule has 2 unspecified atom stereocenters. The Morgan fingerprint density at radius 3 is 2.97 bits per heavy atom. The molecule has 3 atom stereocenters. The molecule has 0 bridgehead atoms. The minimum absolute atomic E-state index is 0.0368. The summed E-state index contributed by atoms with van der Waals surface area (Å²) in [7, 11) is -3.28. The van der Waals surface area contributed by atoms with Gasteiger partial charge in [0.2, 0.25) is 15.7 Å². The summed E-state index contributed by atoms with van der Waals surface area (Å²) in [5.74, 6) is 0.956. The van der Waals surface area contributed by atoms with Crippen molar-refractivity contribution in [3.63, 3.8) is 0 Å². The third-order valence-corrected chi connectivity index (χ3v) is 7.73. The number of hydrogen-bond donors (Lipinski definition) is 3. The molecule has 8 nitrogen and oxygen atoms in total. The van der Waals surface area contributed by atoms with Crippen molar-refractivity contribution in [3.05, 3.63) is 35.5 Å². The van der Waals surface area contributed by atoms with Crippen molar-refractivity contribution in [2.75, 3.05) is 19.3 Å². The van der Waals surface area contributed by atoms with Crippen LogP contribution in [0.1, 0.15) is 44.9 Å². The number of carbonyl (C=O) groups excluding carboxylic acids is 1. The summed E-state index contributed by atoms with van der Waals surface area (Å²) in [5, 5.41) is 5.94. The Morgan fingerprint density at radius 1 is 1.34 bits per heavy atom. The van der Waals surface area contributed by atoms with Gasteiger partial charge in [0.05, 0.1) is 23.9 Å². The average molecular weight is 421 g/mol. The molecule has 0 aromatic rings. The summed E-state index contributed by atoms with van der Waals surface area (Å²) < 4.78 is 32.7. The van der Waals surface area contributed by atoms with Crippen LogP contribution < -0.4 is 15.4 Å². The quantitative estimate of drug-likeness (QED) is 0.645. The van der Waals surface area contributed by atoms with Crippen molar-refractivity contribution in [1.82, 2.24) is 20.3 Å². The Morgan fingerprint density at radius 2 is 2.21 bits per heavy atom. The molecular weight excluding hydrogens is 392 g/mol. The molecule has 0 aromatic carbocycles. The fourth-order valence-electron chi connectivity index (χ4n) is 5.94. The van der Waals surface area contributed by atoms with Crippen molar-refractivity contribution >= 4 is 16.1 Å². The van der Waals surface area contributed by atoms with E-state index in [0.717, 1.165) is 44.3 Å². The second-order valence-corrected chi connectivity index (χ2v) is 10.6. The number of rotatable bonds is 4. The van der Waals surface area contributed by atoms with E-state index in [1.807, 2.05) is 0 Å². The fraction of sp³-hybridized carbons (Fsp3) is 0.650. The van der Waals surface area contributed by atoms with E-state index in [4.69, 9.17) is 4.74 Å². The van der Waals surface area contributed by atoms with E-state index in [0.29, 0.717) is 19.5 Å². The molecule has 1 aliphatic carbocycles. The molecule has 5 rings (SSSR count). The fourth-order valence-corrected chi connectivity index (χ4v) is 6.42. The van der Waals surface area contributed by atoms with Crippen molar-refractivity contribution in [2.45, 2.75) is 50.7 Å². The van der Waals surface area contributed by atoms with Gasteiger partial charge in [-0.3, -0.25) is 5.32 Å². The number of ether oxygens (including phenoxy) is 1. The molecule has 29 heavy (non-hydrogen) atoms. The van der Waals surface area contributed by atoms with E-state index in [1.165, 1.54) is 17.5 Å². The van der Waals surface area contributed by atoms with Gasteiger partial charge in [-0.1, -0.05) is 12.5 Å². The number of nitrogens with one attached hydrogen (secondary N) is 3. The topological polar surface area (TPSA) is 99.8 Å². The number of fused-ring (bicyclic) bond motifs is 1. The number of nitrogens with zero attached hydrogens (tertiary/aromatic N) is 1. The number of allylic oxidation sites excluding steroid dienone is 3. The third-order valence-electron chi connectivity index (χ3n) is 7.00. The second-order valence-electron chi connectivity index (χ2n) is 8.75. The van der Waals surface area contributed by atoms with Crippen molar-refractivity contribution in [3.8, 4) is 0 Å². The standard InChI is InChI=1S/C20H28N4O4S/c1-29(26,27)22-10-8-16-19-9-4-2-6-14(19)12-24-11-5-3-7-15(24)17(19)28-20(16)13-21-18(25)23-20/h5,11-12,16,22H,2-4,6-10,13H2,1H3,(H2,21,23,25)/t16?,19?,20-/m0/s1. The number of urea groups is 1. The second kappa shape index (κ2) is 6.50. The molecule has 2 saturated heterocycles. The van der Waals surface area contributed by atoms with Crippen LogP contribution in [0.25, 0.3) is 0 Å². The molecule has 9 heteroatoms. The summed E-state index contributed by atoms with van der Waals surface area (Å²) in [4.78, 5) is 14.4. The van der Waals surface area contributed by atoms with Crippen LogP contribution in [0, 0.1) is 11.3 Å². The largest absolute Gasteiger partial charge is 0.467 e. The molecule has 2 spiro atoms. The normalized spacial score (nSPS) is 35.5. The van der Waals surface area contributed by atoms with Gasteiger partial charge in [0.15, 0.2) is 0 Å². The lowest BCUT2D eigenvalue weighted by atomic mass is 9.58. The highest BCUT2D eigenvalue weighted by molar-refractivity contribution is 7.88. The molecular formula is C20H28N4O4S. The van der Waals surface area contributed by atoms with Gasteiger partial charge in [0.25, 0.3) is 0 Å². The Kier molecular flexibility index (Phi) is 4.26. The highest BCUT2D eigenvalue weighted by Gasteiger charge is 2.67. The zero-order valence-electron chi connectivity index (χ0n) is 16.7. The van der Waals surface area contributed by atoms with Gasteiger partial charge < -0.3 is 15.0 Å². The molecule has 158 valence electrons. The van der Waals surface area contributed by atoms with E-state index >= 15 is 0 Å². The first-order valence-corrected chi connectivity index (χ1v) is 12.3. The Labute approximate surface area is 171 Å². The van der Waals surface area contributed by atoms with Gasteiger partial charge in [0.1, 0.15) is 5.76 Å². The van der Waals surface area contributed by atoms with Gasteiger partial charge in [-0.25, -0.2) is 17.9 Å². The first-order valence-electron chi connectivity index (χ1n) is 10.4. The van der Waals surface area contributed by atoms with E-state index in [-0.39, 0.29) is 17.4 Å². The maximum absolute atomic E-state index is 12.2. The van der Waals surface area contributed by atoms with Gasteiger partial charge in [0, 0.05) is 24.9 Å². The van der Waals surface area contributed by atoms with Crippen LogP contribution in [0.3, 0.4) is 0 Å². The van der Waals surface area contributed by atoms with Gasteiger partial charge in [-0.2, -0.15) is 0 Å². The summed E-state index contributed by atoms with van der Waals surface area (Å²) in [6.45, 7) is 0.711. The van der Waals surface area contributed by atoms with Gasteiger partial charge >= 0.3 is 6.03 Å². The zero-order chi connectivity index (χ0) is 20.3. The van der Waals surface area contributed by atoms with E-state index in [1.54, 1.807) is 0 Å². The van der Waals surface area contributed by atoms with Gasteiger partial charge in [-0.15, -0.1) is 0 Å². The van der Waals surface area contributed by atoms with E-state index in [2.05, 4.69) is 38.7 Å². The maximum atomic E-state index is 12.2. The van der Waals surface area contributed by atoms with Crippen LogP contribution in [0.2, 0.25) is 0 Å². The predicted molar refractivity (Wildman–Crippen MR) is 108 cm³/mol. The summed E-state index contributed by atoms with van der Waals surface area (Å²) in [6, 6.07) is -0.228. The Hall–Kier alpha value is -2.00. The first-order chi connectivity index (χ1) is 13.8. The molecule has 3 fully saturated rings. The maximum Gasteiger partial charge on any atom is 0.318 e. The average Bonchev–Trinajstić information content (AvgIpc) is 3.17. The number of hydrogen-bond acceptors (Lipinski definition) is 5. The predicted octanol–water partition coefficient (Wildman–Crippen LogP) is 1.86. The Balaban J connectivity index is 1.61. The van der Waals surface area contributed by atoms with Crippen molar-refractivity contribution in [2.24, 2.45) is 11.3 Å². The van der Waals surface area contributed by atoms with Crippen LogP contribution >= 0.6 is 0 Å². The number of carbonyl (C=O) groups is 1. The molecule has 5 aliphatic rings. The molecule has 4 aliphatic heterocycles. The lowest BCUT2D eigenvalue weighted by Gasteiger charge is -2.46. The highest BCUT2D eigenvalue weighted by Crippen LogP contribution is 2.64. The lowest BCUT2D eigenvalue weighted by molar-refractivity contribution is -0.000751. The highest BCUT2D eigenvalue weighted by atomic mass is 32.2. The van der Waals surface area contributed by atoms with Crippen LogP contribution in [-0.2, 0) is 14.8 Å². The summed E-state index contributed by atoms with van der Waals surface area (Å²) in [5.41, 5.74) is 1.41. The summed E-state index contributed by atoms with van der Waals surface area (Å²) >= 11 is 0. The minimum atomic E-state index is -3.28. The SMILES string of the molecule is CS(=O)(=O)NCCC1C23CCCCC2=CN2C=CCCC2=C3O[C@@]12CNC(=O)N2. The monoisotopic (exact) mass is 420 g/mol. The van der Waals surface area contributed by atoms with Crippen LogP contribution in [-0.4, -0.2) is 44.4 Å². The summed E-state index contributed by atoms with van der Waals surface area (Å²) in [6.07, 6.45) is 14.4. The zero-order valence-corrected chi connectivity index (χ0v) is 17.5. The van der Waals surface area contributed by atoms with E-state index in [9.17, 15) is 13.2 Å². The third kappa shape index (κ3) is 2.89. The molecule has 3 N–H and O–H groups in total. The van der Waals surface area contributed by atoms with Crippen molar-refractivity contribution in [1.29, 1.82) is 0 Å². The number of sulfonamides is 1. The molecule has 1 saturated carbocycles. The van der Waals surface area contributed by atoms with Crippen molar-refractivity contribution < 1.29 is 17.9 Å². The minimum Gasteiger partial charge on any atom is -0.467 e. The van der Waals surface area contributed by atoms with Gasteiger partial charge in [-0.05, 0) is 44.1 Å². The lowest BCUT2D eigenvalue weighted by Crippen LogP contribution is -2.53. The molecule has 4 heterocycles. The molecule has 0 aromatic heterocycles. The molecule has 2 amide bonds. The Bertz CT molecular complexity index is 940. The van der Waals surface area contributed by atoms with Crippen LogP contribution in [0.4, 0.5) is 4.79 Å². The number of amides is 2. The van der Waals surface area contributed by atoms with Crippen LogP contribution in [0.5, 0.6) is 0 Å². The molecule has 0 radical (unpaired) electrons. The van der Waals surface area contributed by atoms with Crippen LogP contribution in [0.15, 0.2) is 35.5 Å². The first kappa shape index (κ1) is 19.0. The van der Waals surface area contributed by atoms with E-state index < -0.39 is 15.7 Å². The smallest absolute Gasteiger partial charge is 0.318 e.